The van der Waals surface area contributed by atoms with E-state index < -0.39 is 23.8 Å². The number of amides is 3. The fourth-order valence-electron chi connectivity index (χ4n) is 7.25. The summed E-state index contributed by atoms with van der Waals surface area (Å²) >= 11 is 0. The Morgan fingerprint density at radius 3 is 2.42 bits per heavy atom. The molecule has 3 amide bonds. The van der Waals surface area contributed by atoms with Gasteiger partial charge in [-0.1, -0.05) is 12.1 Å². The molecular formula is C34H37F3N8O3. The van der Waals surface area contributed by atoms with Gasteiger partial charge in [0, 0.05) is 50.4 Å². The molecule has 3 aromatic rings. The second-order valence-electron chi connectivity index (χ2n) is 13.0. The molecule has 2 aromatic heterocycles. The number of piperidine rings is 3. The van der Waals surface area contributed by atoms with E-state index in [4.69, 9.17) is 4.98 Å². The molecule has 252 valence electrons. The van der Waals surface area contributed by atoms with Crippen LogP contribution in [0, 0.1) is 0 Å². The number of anilines is 2. The number of hydrogen-bond acceptors (Lipinski definition) is 9. The van der Waals surface area contributed by atoms with E-state index in [2.05, 4.69) is 48.6 Å². The first-order valence-corrected chi connectivity index (χ1v) is 16.5. The van der Waals surface area contributed by atoms with Crippen molar-refractivity contribution in [3.63, 3.8) is 0 Å². The summed E-state index contributed by atoms with van der Waals surface area (Å²) < 4.78 is 39.0. The van der Waals surface area contributed by atoms with Crippen molar-refractivity contribution < 1.29 is 27.6 Å². The first-order valence-electron chi connectivity index (χ1n) is 16.5. The van der Waals surface area contributed by atoms with Gasteiger partial charge in [0.05, 0.1) is 17.6 Å². The SMILES string of the molecule is O=C1CCC(N2Cc3cc(C4CCN(Cc5ccc(N6CCC(Nc7nccc(C(F)(F)F)n7)CC6)cn5)CC4)ccc3C2=O)C(=O)N1. The van der Waals surface area contributed by atoms with Gasteiger partial charge >= 0.3 is 6.18 Å². The molecule has 7 rings (SSSR count). The van der Waals surface area contributed by atoms with Crippen LogP contribution in [0.1, 0.15) is 77.3 Å². The lowest BCUT2D eigenvalue weighted by Crippen LogP contribution is -2.52. The minimum Gasteiger partial charge on any atom is -0.370 e. The maximum absolute atomic E-state index is 13.1. The molecule has 6 heterocycles. The number of alkyl halides is 3. The summed E-state index contributed by atoms with van der Waals surface area (Å²) in [5.74, 6) is -0.445. The van der Waals surface area contributed by atoms with E-state index in [1.165, 1.54) is 5.56 Å². The molecule has 4 aliphatic rings. The van der Waals surface area contributed by atoms with Crippen LogP contribution in [0.3, 0.4) is 0 Å². The normalized spacial score (nSPS) is 21.4. The highest BCUT2D eigenvalue weighted by Gasteiger charge is 2.39. The summed E-state index contributed by atoms with van der Waals surface area (Å²) in [5.41, 5.74) is 3.88. The van der Waals surface area contributed by atoms with Gasteiger partial charge in [-0.2, -0.15) is 13.2 Å². The number of hydrogen-bond donors (Lipinski definition) is 2. The van der Waals surface area contributed by atoms with Crippen LogP contribution in [0.4, 0.5) is 24.8 Å². The Morgan fingerprint density at radius 1 is 0.917 bits per heavy atom. The summed E-state index contributed by atoms with van der Waals surface area (Å²) in [6.45, 7) is 4.51. The van der Waals surface area contributed by atoms with Crippen molar-refractivity contribution in [2.24, 2.45) is 0 Å². The lowest BCUT2D eigenvalue weighted by molar-refractivity contribution is -0.141. The Kier molecular flexibility index (Phi) is 8.75. The second kappa shape index (κ2) is 13.1. The topological polar surface area (TPSA) is 124 Å². The first kappa shape index (κ1) is 32.0. The molecule has 0 bridgehead atoms. The zero-order valence-corrected chi connectivity index (χ0v) is 26.4. The van der Waals surface area contributed by atoms with Gasteiger partial charge in [0.15, 0.2) is 0 Å². The van der Waals surface area contributed by atoms with E-state index in [0.717, 1.165) is 87.6 Å². The molecule has 4 aliphatic heterocycles. The summed E-state index contributed by atoms with van der Waals surface area (Å²) in [4.78, 5) is 55.6. The number of imide groups is 1. The van der Waals surface area contributed by atoms with Crippen molar-refractivity contribution in [3.8, 4) is 0 Å². The largest absolute Gasteiger partial charge is 0.433 e. The fraction of sp³-hybridized carbons (Fsp3) is 0.471. The summed E-state index contributed by atoms with van der Waals surface area (Å²) in [6, 6.07) is 10.5. The van der Waals surface area contributed by atoms with Crippen LogP contribution in [-0.4, -0.2) is 80.7 Å². The molecule has 0 saturated carbocycles. The molecule has 0 spiro atoms. The van der Waals surface area contributed by atoms with E-state index >= 15 is 0 Å². The van der Waals surface area contributed by atoms with Gasteiger partial charge in [-0.3, -0.25) is 29.6 Å². The van der Waals surface area contributed by atoms with Gasteiger partial charge in [0.1, 0.15) is 11.7 Å². The second-order valence-corrected chi connectivity index (χ2v) is 13.0. The van der Waals surface area contributed by atoms with Crippen LogP contribution in [0.15, 0.2) is 48.8 Å². The zero-order valence-electron chi connectivity index (χ0n) is 26.4. The Labute approximate surface area is 275 Å². The number of benzene rings is 1. The van der Waals surface area contributed by atoms with Crippen LogP contribution < -0.4 is 15.5 Å². The van der Waals surface area contributed by atoms with Gasteiger partial charge in [0.2, 0.25) is 17.8 Å². The summed E-state index contributed by atoms with van der Waals surface area (Å²) in [6.07, 6.45) is 2.60. The van der Waals surface area contributed by atoms with Crippen molar-refractivity contribution in [2.45, 2.75) is 75.8 Å². The van der Waals surface area contributed by atoms with Crippen molar-refractivity contribution in [1.82, 2.24) is 30.1 Å². The van der Waals surface area contributed by atoms with Crippen molar-refractivity contribution in [3.05, 3.63) is 76.9 Å². The Balaban J connectivity index is 0.874. The third kappa shape index (κ3) is 6.84. The lowest BCUT2D eigenvalue weighted by Gasteiger charge is -2.34. The third-order valence-corrected chi connectivity index (χ3v) is 9.94. The van der Waals surface area contributed by atoms with Gasteiger partial charge in [0.25, 0.3) is 5.91 Å². The monoisotopic (exact) mass is 662 g/mol. The quantitative estimate of drug-likeness (QED) is 0.360. The lowest BCUT2D eigenvalue weighted by atomic mass is 9.88. The minimum atomic E-state index is -4.50. The van der Waals surface area contributed by atoms with Gasteiger partial charge < -0.3 is 15.1 Å². The van der Waals surface area contributed by atoms with Crippen LogP contribution >= 0.6 is 0 Å². The molecule has 1 unspecified atom stereocenters. The number of nitrogens with zero attached hydrogens (tertiary/aromatic N) is 6. The highest BCUT2D eigenvalue weighted by atomic mass is 19.4. The predicted molar refractivity (Wildman–Crippen MR) is 170 cm³/mol. The van der Waals surface area contributed by atoms with Crippen molar-refractivity contribution in [1.29, 1.82) is 0 Å². The molecule has 0 aliphatic carbocycles. The van der Waals surface area contributed by atoms with Crippen LogP contribution in [-0.2, 0) is 28.9 Å². The van der Waals surface area contributed by atoms with Gasteiger partial charge in [-0.15, -0.1) is 0 Å². The molecule has 14 heteroatoms. The fourth-order valence-corrected chi connectivity index (χ4v) is 7.25. The highest BCUT2D eigenvalue weighted by molar-refractivity contribution is 6.05. The number of rotatable bonds is 7. The highest BCUT2D eigenvalue weighted by Crippen LogP contribution is 2.34. The molecule has 11 nitrogen and oxygen atoms in total. The first-order chi connectivity index (χ1) is 23.1. The number of nitrogens with one attached hydrogen (secondary N) is 2. The average molecular weight is 663 g/mol. The molecule has 3 fully saturated rings. The van der Waals surface area contributed by atoms with E-state index in [9.17, 15) is 27.6 Å². The molecule has 1 atom stereocenters. The number of halogens is 3. The maximum Gasteiger partial charge on any atom is 0.433 e. The number of aromatic nitrogens is 3. The Bertz CT molecular complexity index is 1690. The molecule has 48 heavy (non-hydrogen) atoms. The van der Waals surface area contributed by atoms with E-state index in [-0.39, 0.29) is 30.2 Å². The number of pyridine rings is 1. The van der Waals surface area contributed by atoms with E-state index in [0.29, 0.717) is 24.4 Å². The molecule has 1 aromatic carbocycles. The van der Waals surface area contributed by atoms with Gasteiger partial charge in [-0.25, -0.2) is 9.97 Å². The summed E-state index contributed by atoms with van der Waals surface area (Å²) in [5, 5.41) is 5.41. The van der Waals surface area contributed by atoms with E-state index in [1.54, 1.807) is 4.90 Å². The molecule has 2 N–H and O–H groups in total. The standard InChI is InChI=1S/C34H37F3N8O3/c35-34(36,37)29-7-12-38-33(41-29)40-24-10-15-44(16-11-24)26-3-2-25(39-18-26)20-43-13-8-21(9-14-43)22-1-4-27-23(17-22)19-45(32(27)48)28-5-6-30(46)42-31(28)47/h1-4,7,12,17-18,21,24,28H,5-6,8-11,13-16,19-20H2,(H,38,40,41)(H,42,46,47). The third-order valence-electron chi connectivity index (χ3n) is 9.94. The number of fused-ring (bicyclic) bond motifs is 1. The molecular weight excluding hydrogens is 625 g/mol. The molecule has 0 radical (unpaired) electrons. The van der Waals surface area contributed by atoms with Gasteiger partial charge in [-0.05, 0) is 86.5 Å². The van der Waals surface area contributed by atoms with Crippen molar-refractivity contribution >= 4 is 29.4 Å². The minimum absolute atomic E-state index is 0.000430. The predicted octanol–water partition coefficient (Wildman–Crippen LogP) is 4.11. The maximum atomic E-state index is 13.1. The smallest absolute Gasteiger partial charge is 0.370 e. The van der Waals surface area contributed by atoms with Crippen LogP contribution in [0.25, 0.3) is 0 Å². The van der Waals surface area contributed by atoms with E-state index in [1.807, 2.05) is 18.3 Å². The Morgan fingerprint density at radius 2 is 1.71 bits per heavy atom. The summed E-state index contributed by atoms with van der Waals surface area (Å²) in [7, 11) is 0. The Hall–Kier alpha value is -4.59. The number of carbonyl (C=O) groups excluding carboxylic acids is 3. The van der Waals surface area contributed by atoms with Crippen LogP contribution in [0.2, 0.25) is 0 Å². The molecule has 3 saturated heterocycles. The van der Waals surface area contributed by atoms with Crippen molar-refractivity contribution in [2.75, 3.05) is 36.4 Å². The zero-order chi connectivity index (χ0) is 33.4. The average Bonchev–Trinajstić information content (AvgIpc) is 3.40. The number of likely N-dealkylation sites (tertiary alicyclic amines) is 1. The number of carbonyl (C=O) groups is 3. The van der Waals surface area contributed by atoms with Crippen LogP contribution in [0.5, 0.6) is 0 Å².